The second-order valence-electron chi connectivity index (χ2n) is 5.95. The van der Waals surface area contributed by atoms with Gasteiger partial charge in [-0.3, -0.25) is 9.59 Å². The summed E-state index contributed by atoms with van der Waals surface area (Å²) in [6, 6.07) is 8.43. The first-order chi connectivity index (χ1) is 12.1. The van der Waals surface area contributed by atoms with Gasteiger partial charge in [0.1, 0.15) is 6.54 Å². The van der Waals surface area contributed by atoms with Crippen molar-refractivity contribution >= 4 is 39.4 Å². The van der Waals surface area contributed by atoms with Crippen molar-refractivity contribution in [1.82, 2.24) is 9.88 Å². The fourth-order valence-corrected chi connectivity index (χ4v) is 4.41. The second kappa shape index (κ2) is 8.01. The van der Waals surface area contributed by atoms with Crippen molar-refractivity contribution in [3.63, 3.8) is 0 Å². The van der Waals surface area contributed by atoms with E-state index < -0.39 is 0 Å². The predicted octanol–water partition coefficient (Wildman–Crippen LogP) is 4.18. The largest absolute Gasteiger partial charge is 0.323 e. The van der Waals surface area contributed by atoms with Crippen molar-refractivity contribution in [2.45, 2.75) is 26.7 Å². The molecule has 1 aliphatic heterocycles. The van der Waals surface area contributed by atoms with Crippen LogP contribution in [0, 0.1) is 6.92 Å². The van der Waals surface area contributed by atoms with Crippen molar-refractivity contribution in [3.05, 3.63) is 34.7 Å². The van der Waals surface area contributed by atoms with Crippen molar-refractivity contribution in [1.29, 1.82) is 0 Å². The van der Waals surface area contributed by atoms with E-state index >= 15 is 0 Å². The molecule has 1 N–H and O–H groups in total. The van der Waals surface area contributed by atoms with Crippen LogP contribution in [-0.2, 0) is 11.2 Å². The number of hydrogen-bond acceptors (Lipinski definition) is 5. The Labute approximate surface area is 155 Å². The van der Waals surface area contributed by atoms with Gasteiger partial charge >= 0.3 is 0 Å². The summed E-state index contributed by atoms with van der Waals surface area (Å²) in [5, 5.41) is 3.37. The number of aryl methyl sites for hydroxylation is 2. The Balaban J connectivity index is 1.67. The molecule has 0 aliphatic carbocycles. The zero-order valence-electron chi connectivity index (χ0n) is 14.4. The third-order valence-electron chi connectivity index (χ3n) is 3.99. The maximum Gasteiger partial charge on any atom is 0.282 e. The maximum atomic E-state index is 12.1. The van der Waals surface area contributed by atoms with E-state index in [2.05, 4.69) is 41.5 Å². The van der Waals surface area contributed by atoms with Crippen LogP contribution in [-0.4, -0.2) is 39.9 Å². The van der Waals surface area contributed by atoms with Gasteiger partial charge in [0.15, 0.2) is 5.13 Å². The van der Waals surface area contributed by atoms with Crippen molar-refractivity contribution in [3.8, 4) is 11.3 Å². The Kier molecular flexibility index (Phi) is 5.75. The van der Waals surface area contributed by atoms with Crippen LogP contribution >= 0.6 is 23.1 Å². The molecule has 0 unspecified atom stereocenters. The second-order valence-corrected chi connectivity index (χ2v) is 8.20. The highest BCUT2D eigenvalue weighted by Crippen LogP contribution is 2.30. The molecule has 1 fully saturated rings. The normalized spacial score (nSPS) is 14.2. The topological polar surface area (TPSA) is 62.3 Å². The summed E-state index contributed by atoms with van der Waals surface area (Å²) in [4.78, 5) is 30.9. The molecule has 0 saturated carbocycles. The van der Waals surface area contributed by atoms with E-state index in [0.29, 0.717) is 11.7 Å². The Morgan fingerprint density at radius 3 is 2.72 bits per heavy atom. The quantitative estimate of drug-likeness (QED) is 0.823. The average Bonchev–Trinajstić information content (AvgIpc) is 3.14. The number of anilines is 1. The smallest absolute Gasteiger partial charge is 0.282 e. The number of thioether (sulfide) groups is 1. The van der Waals surface area contributed by atoms with E-state index in [0.717, 1.165) is 34.7 Å². The molecule has 0 atom stereocenters. The van der Waals surface area contributed by atoms with E-state index in [1.165, 1.54) is 28.7 Å². The number of carbonyl (C=O) groups is 2. The summed E-state index contributed by atoms with van der Waals surface area (Å²) >= 11 is 2.71. The van der Waals surface area contributed by atoms with Crippen molar-refractivity contribution < 1.29 is 9.59 Å². The number of hydrogen-bond donors (Lipinski definition) is 1. The molecule has 7 heteroatoms. The lowest BCUT2D eigenvalue weighted by molar-refractivity contribution is -0.116. The third kappa shape index (κ3) is 4.41. The molecule has 132 valence electrons. The van der Waals surface area contributed by atoms with Gasteiger partial charge in [-0.2, -0.15) is 0 Å². The lowest BCUT2D eigenvalue weighted by atomic mass is 10.1. The number of benzene rings is 1. The third-order valence-corrected chi connectivity index (χ3v) is 5.77. The molecular formula is C18H21N3O2S2. The number of nitrogens with zero attached hydrogens (tertiary/aromatic N) is 2. The molecule has 2 aromatic rings. The monoisotopic (exact) mass is 375 g/mol. The van der Waals surface area contributed by atoms with Crippen LogP contribution in [0.5, 0.6) is 0 Å². The highest BCUT2D eigenvalue weighted by molar-refractivity contribution is 8.13. The number of rotatable bonds is 6. The summed E-state index contributed by atoms with van der Waals surface area (Å²) in [7, 11) is 0. The first kappa shape index (κ1) is 17.9. The summed E-state index contributed by atoms with van der Waals surface area (Å²) in [5.41, 5.74) is 3.28. The van der Waals surface area contributed by atoms with Gasteiger partial charge in [0.05, 0.1) is 5.69 Å². The molecular weight excluding hydrogens is 354 g/mol. The molecule has 2 heterocycles. The summed E-state index contributed by atoms with van der Waals surface area (Å²) in [5.74, 6) is 0.551. The van der Waals surface area contributed by atoms with Gasteiger partial charge in [-0.25, -0.2) is 4.98 Å². The number of aromatic nitrogens is 1. The van der Waals surface area contributed by atoms with Crippen molar-refractivity contribution in [2.75, 3.05) is 24.2 Å². The molecule has 1 aromatic carbocycles. The molecule has 5 nitrogen and oxygen atoms in total. The summed E-state index contributed by atoms with van der Waals surface area (Å²) < 4.78 is 0. The minimum Gasteiger partial charge on any atom is -0.323 e. The van der Waals surface area contributed by atoms with Crippen LogP contribution in [0.2, 0.25) is 0 Å². The van der Waals surface area contributed by atoms with Gasteiger partial charge in [0, 0.05) is 22.7 Å². The highest BCUT2D eigenvalue weighted by Gasteiger charge is 2.23. The fraction of sp³-hybridized carbons (Fsp3) is 0.389. The van der Waals surface area contributed by atoms with Crippen molar-refractivity contribution in [2.24, 2.45) is 0 Å². The zero-order chi connectivity index (χ0) is 17.8. The Morgan fingerprint density at radius 2 is 2.08 bits per heavy atom. The first-order valence-corrected chi connectivity index (χ1v) is 10.2. The summed E-state index contributed by atoms with van der Waals surface area (Å²) in [6.07, 6.45) is 2.20. The molecule has 2 amide bonds. The molecule has 25 heavy (non-hydrogen) atoms. The maximum absolute atomic E-state index is 12.1. The van der Waals surface area contributed by atoms with E-state index in [4.69, 9.17) is 0 Å². The van der Waals surface area contributed by atoms with E-state index in [-0.39, 0.29) is 17.7 Å². The lowest BCUT2D eigenvalue weighted by Crippen LogP contribution is -2.33. The molecule has 0 bridgehead atoms. The van der Waals surface area contributed by atoms with Gasteiger partial charge in [-0.1, -0.05) is 49.4 Å². The Hall–Kier alpha value is -1.86. The fourth-order valence-electron chi connectivity index (χ4n) is 2.74. The van der Waals surface area contributed by atoms with Crippen LogP contribution in [0.1, 0.15) is 23.8 Å². The van der Waals surface area contributed by atoms with Crippen LogP contribution in [0.15, 0.2) is 24.3 Å². The van der Waals surface area contributed by atoms with Crippen LogP contribution < -0.4 is 5.32 Å². The predicted molar refractivity (Wildman–Crippen MR) is 104 cm³/mol. The molecule has 1 aromatic heterocycles. The van der Waals surface area contributed by atoms with Crippen LogP contribution in [0.4, 0.5) is 9.93 Å². The van der Waals surface area contributed by atoms with E-state index in [9.17, 15) is 9.59 Å². The molecule has 1 aliphatic rings. The Bertz CT molecular complexity index is 771. The molecule has 3 rings (SSSR count). The van der Waals surface area contributed by atoms with E-state index in [1.54, 1.807) is 4.90 Å². The number of carbonyl (C=O) groups excluding carboxylic acids is 2. The average molecular weight is 376 g/mol. The Morgan fingerprint density at radius 1 is 1.32 bits per heavy atom. The van der Waals surface area contributed by atoms with Gasteiger partial charge < -0.3 is 10.2 Å². The van der Waals surface area contributed by atoms with Gasteiger partial charge in [0.2, 0.25) is 5.91 Å². The molecule has 1 saturated heterocycles. The minimum atomic E-state index is -0.200. The van der Waals surface area contributed by atoms with Gasteiger partial charge in [-0.15, -0.1) is 11.3 Å². The van der Waals surface area contributed by atoms with Crippen LogP contribution in [0.3, 0.4) is 0 Å². The van der Waals surface area contributed by atoms with Gasteiger partial charge in [-0.05, 0) is 18.9 Å². The number of nitrogens with one attached hydrogen (secondary N) is 1. The summed E-state index contributed by atoms with van der Waals surface area (Å²) in [6.45, 7) is 4.89. The lowest BCUT2D eigenvalue weighted by Gasteiger charge is -2.12. The standard InChI is InChI=1S/C18H21N3O2S2/c1-3-4-13-5-7-14(8-6-13)16-12(2)25-17(20-16)19-15(22)11-21-9-10-24-18(21)23/h5-8H,3-4,9-11H2,1-2H3,(H,19,20,22). The van der Waals surface area contributed by atoms with Gasteiger partial charge in [0.25, 0.3) is 5.24 Å². The first-order valence-electron chi connectivity index (χ1n) is 8.35. The zero-order valence-corrected chi connectivity index (χ0v) is 16.0. The van der Waals surface area contributed by atoms with E-state index in [1.807, 2.05) is 6.92 Å². The SMILES string of the molecule is CCCc1ccc(-c2nc(NC(=O)CN3CCSC3=O)sc2C)cc1. The molecule has 0 radical (unpaired) electrons. The number of thiazole rings is 1. The minimum absolute atomic E-state index is 0.0293. The number of amides is 2. The highest BCUT2D eigenvalue weighted by atomic mass is 32.2. The molecule has 0 spiro atoms. The van der Waals surface area contributed by atoms with Crippen LogP contribution in [0.25, 0.3) is 11.3 Å².